The predicted octanol–water partition coefficient (Wildman–Crippen LogP) is 5.02. The van der Waals surface area contributed by atoms with Gasteiger partial charge in [-0.1, -0.05) is 40.2 Å². The van der Waals surface area contributed by atoms with Crippen LogP contribution < -0.4 is 4.74 Å². The molecular formula is C16H16BrClO. The molecule has 0 saturated heterocycles. The first-order valence-corrected chi connectivity index (χ1v) is 7.50. The van der Waals surface area contributed by atoms with Crippen molar-refractivity contribution in [3.05, 3.63) is 64.1 Å². The summed E-state index contributed by atoms with van der Waals surface area (Å²) in [6.07, 6.45) is 0.914. The van der Waals surface area contributed by atoms with Gasteiger partial charge in [0.2, 0.25) is 0 Å². The number of hydrogen-bond acceptors (Lipinski definition) is 1. The van der Waals surface area contributed by atoms with Gasteiger partial charge in [0.15, 0.2) is 0 Å². The van der Waals surface area contributed by atoms with Crippen molar-refractivity contribution < 1.29 is 4.74 Å². The summed E-state index contributed by atoms with van der Waals surface area (Å²) in [7, 11) is 1.69. The molecule has 0 spiro atoms. The van der Waals surface area contributed by atoms with Crippen LogP contribution in [0.15, 0.2) is 53.0 Å². The summed E-state index contributed by atoms with van der Waals surface area (Å²) < 4.78 is 6.34. The summed E-state index contributed by atoms with van der Waals surface area (Å²) in [5, 5.41) is 0. The third-order valence-electron chi connectivity index (χ3n) is 3.12. The van der Waals surface area contributed by atoms with Crippen LogP contribution in [0.1, 0.15) is 17.0 Å². The van der Waals surface area contributed by atoms with Crippen LogP contribution >= 0.6 is 27.5 Å². The van der Waals surface area contributed by atoms with E-state index in [1.165, 1.54) is 11.1 Å². The van der Waals surface area contributed by atoms with E-state index in [0.29, 0.717) is 11.8 Å². The Balaban J connectivity index is 2.18. The van der Waals surface area contributed by atoms with Crippen molar-refractivity contribution >= 4 is 27.5 Å². The van der Waals surface area contributed by atoms with E-state index in [4.69, 9.17) is 16.3 Å². The third-order valence-corrected chi connectivity index (χ3v) is 3.99. The van der Waals surface area contributed by atoms with Gasteiger partial charge >= 0.3 is 0 Å². The molecule has 0 aliphatic heterocycles. The number of rotatable bonds is 5. The molecule has 0 N–H and O–H groups in total. The summed E-state index contributed by atoms with van der Waals surface area (Å²) >= 11 is 9.64. The van der Waals surface area contributed by atoms with Gasteiger partial charge in [-0.15, -0.1) is 11.6 Å². The molecule has 0 heterocycles. The first kappa shape index (κ1) is 14.4. The van der Waals surface area contributed by atoms with Gasteiger partial charge in [0.25, 0.3) is 0 Å². The molecule has 0 aliphatic carbocycles. The molecule has 0 aromatic heterocycles. The first-order chi connectivity index (χ1) is 9.22. The summed E-state index contributed by atoms with van der Waals surface area (Å²) in [4.78, 5) is 0. The third kappa shape index (κ3) is 3.99. The lowest BCUT2D eigenvalue weighted by molar-refractivity contribution is 0.414. The molecule has 19 heavy (non-hydrogen) atoms. The average molecular weight is 340 g/mol. The van der Waals surface area contributed by atoms with Crippen molar-refractivity contribution in [2.75, 3.05) is 13.0 Å². The molecule has 0 aliphatic rings. The second-order valence-corrected chi connectivity index (χ2v) is 5.69. The summed E-state index contributed by atoms with van der Waals surface area (Å²) in [6.45, 7) is 0. The van der Waals surface area contributed by atoms with E-state index in [1.807, 2.05) is 24.3 Å². The van der Waals surface area contributed by atoms with Gasteiger partial charge in [-0.05, 0) is 41.8 Å². The monoisotopic (exact) mass is 338 g/mol. The standard InChI is InChI=1S/C16H16BrClO/c1-19-16-7-2-4-12(9-16)8-14(11-18)13-5-3-6-15(17)10-13/h2-7,9-10,14H,8,11H2,1H3. The van der Waals surface area contributed by atoms with Gasteiger partial charge in [-0.3, -0.25) is 0 Å². The smallest absolute Gasteiger partial charge is 0.119 e. The zero-order chi connectivity index (χ0) is 13.7. The number of alkyl halides is 1. The van der Waals surface area contributed by atoms with Crippen LogP contribution in [-0.2, 0) is 6.42 Å². The van der Waals surface area contributed by atoms with Crippen molar-refractivity contribution in [1.29, 1.82) is 0 Å². The molecule has 1 atom stereocenters. The average Bonchev–Trinajstić information content (AvgIpc) is 2.45. The van der Waals surface area contributed by atoms with E-state index < -0.39 is 0 Å². The predicted molar refractivity (Wildman–Crippen MR) is 84.3 cm³/mol. The molecule has 1 nitrogen and oxygen atoms in total. The van der Waals surface area contributed by atoms with Crippen molar-refractivity contribution in [2.45, 2.75) is 12.3 Å². The van der Waals surface area contributed by atoms with E-state index in [2.05, 4.69) is 40.2 Å². The van der Waals surface area contributed by atoms with Crippen LogP contribution in [-0.4, -0.2) is 13.0 Å². The minimum atomic E-state index is 0.311. The maximum absolute atomic E-state index is 6.13. The maximum atomic E-state index is 6.13. The maximum Gasteiger partial charge on any atom is 0.119 e. The Morgan fingerprint density at radius 2 is 1.95 bits per heavy atom. The Bertz CT molecular complexity index is 542. The van der Waals surface area contributed by atoms with Crippen LogP contribution in [0.25, 0.3) is 0 Å². The van der Waals surface area contributed by atoms with E-state index >= 15 is 0 Å². The molecule has 0 bridgehead atoms. The minimum Gasteiger partial charge on any atom is -0.497 e. The molecular weight excluding hydrogens is 324 g/mol. The molecule has 100 valence electrons. The Morgan fingerprint density at radius 1 is 1.16 bits per heavy atom. The molecule has 3 heteroatoms. The normalized spacial score (nSPS) is 12.2. The van der Waals surface area contributed by atoms with Crippen LogP contribution in [0.3, 0.4) is 0 Å². The van der Waals surface area contributed by atoms with Gasteiger partial charge in [0.1, 0.15) is 5.75 Å². The van der Waals surface area contributed by atoms with Gasteiger partial charge in [0.05, 0.1) is 7.11 Å². The quantitative estimate of drug-likeness (QED) is 0.695. The summed E-state index contributed by atoms with van der Waals surface area (Å²) in [5.74, 6) is 1.81. The topological polar surface area (TPSA) is 9.23 Å². The van der Waals surface area contributed by atoms with Gasteiger partial charge in [0, 0.05) is 16.3 Å². The highest BCUT2D eigenvalue weighted by atomic mass is 79.9. The fraction of sp³-hybridized carbons (Fsp3) is 0.250. The van der Waals surface area contributed by atoms with Gasteiger partial charge in [-0.25, -0.2) is 0 Å². The molecule has 0 fully saturated rings. The van der Waals surface area contributed by atoms with Crippen LogP contribution in [0.5, 0.6) is 5.75 Å². The lowest BCUT2D eigenvalue weighted by Crippen LogP contribution is -2.05. The fourth-order valence-corrected chi connectivity index (χ4v) is 2.81. The molecule has 0 amide bonds. The van der Waals surface area contributed by atoms with Crippen LogP contribution in [0.4, 0.5) is 0 Å². The van der Waals surface area contributed by atoms with Crippen LogP contribution in [0.2, 0.25) is 0 Å². The summed E-state index contributed by atoms with van der Waals surface area (Å²) in [5.41, 5.74) is 2.50. The highest BCUT2D eigenvalue weighted by Gasteiger charge is 2.12. The van der Waals surface area contributed by atoms with Crippen molar-refractivity contribution in [2.24, 2.45) is 0 Å². The first-order valence-electron chi connectivity index (χ1n) is 6.17. The van der Waals surface area contributed by atoms with Gasteiger partial charge < -0.3 is 4.74 Å². The van der Waals surface area contributed by atoms with Gasteiger partial charge in [-0.2, -0.15) is 0 Å². The van der Waals surface area contributed by atoms with Crippen LogP contribution in [0, 0.1) is 0 Å². The Hall–Kier alpha value is -0.990. The largest absolute Gasteiger partial charge is 0.497 e. The Kier molecular flexibility index (Phi) is 5.29. The number of benzene rings is 2. The zero-order valence-corrected chi connectivity index (χ0v) is 13.1. The number of halogens is 2. The molecule has 0 radical (unpaired) electrons. The Morgan fingerprint density at radius 3 is 2.63 bits per heavy atom. The van der Waals surface area contributed by atoms with Crippen molar-refractivity contribution in [3.8, 4) is 5.75 Å². The van der Waals surface area contributed by atoms with Crippen molar-refractivity contribution in [3.63, 3.8) is 0 Å². The zero-order valence-electron chi connectivity index (χ0n) is 10.8. The highest BCUT2D eigenvalue weighted by molar-refractivity contribution is 9.10. The number of ether oxygens (including phenoxy) is 1. The van der Waals surface area contributed by atoms with E-state index in [1.54, 1.807) is 7.11 Å². The Labute approximate surface area is 127 Å². The SMILES string of the molecule is COc1cccc(CC(CCl)c2cccc(Br)c2)c1. The molecule has 0 saturated carbocycles. The highest BCUT2D eigenvalue weighted by Crippen LogP contribution is 2.26. The van der Waals surface area contributed by atoms with E-state index in [9.17, 15) is 0 Å². The van der Waals surface area contributed by atoms with E-state index in [0.717, 1.165) is 16.6 Å². The lowest BCUT2D eigenvalue weighted by Gasteiger charge is -2.15. The van der Waals surface area contributed by atoms with E-state index in [-0.39, 0.29) is 0 Å². The number of hydrogen-bond donors (Lipinski definition) is 0. The second-order valence-electron chi connectivity index (χ2n) is 4.46. The second kappa shape index (κ2) is 6.97. The minimum absolute atomic E-state index is 0.311. The molecule has 1 unspecified atom stereocenters. The van der Waals surface area contributed by atoms with Crippen molar-refractivity contribution in [1.82, 2.24) is 0 Å². The molecule has 2 rings (SSSR count). The molecule has 2 aromatic rings. The molecule has 2 aromatic carbocycles. The number of methoxy groups -OCH3 is 1. The summed E-state index contributed by atoms with van der Waals surface area (Å²) in [6, 6.07) is 16.5. The fourth-order valence-electron chi connectivity index (χ4n) is 2.11. The lowest BCUT2D eigenvalue weighted by atomic mass is 9.93.